The molecule has 2 heterocycles. The van der Waals surface area contributed by atoms with Crippen molar-refractivity contribution in [3.05, 3.63) is 77.2 Å². The van der Waals surface area contributed by atoms with Crippen LogP contribution in [0.25, 0.3) is 28.5 Å². The van der Waals surface area contributed by atoms with E-state index in [1.54, 1.807) is 6.92 Å². The van der Waals surface area contributed by atoms with E-state index in [-0.39, 0.29) is 11.7 Å². The number of halogens is 1. The highest BCUT2D eigenvalue weighted by atomic mass is 19.1. The smallest absolute Gasteiger partial charge is 0.223 e. The van der Waals surface area contributed by atoms with Crippen molar-refractivity contribution >= 4 is 17.7 Å². The number of pyridine rings is 1. The third kappa shape index (κ3) is 4.10. The van der Waals surface area contributed by atoms with Crippen LogP contribution in [0.2, 0.25) is 0 Å². The maximum atomic E-state index is 13.8. The average molecular weight is 441 g/mol. The Morgan fingerprint density at radius 2 is 1.85 bits per heavy atom. The lowest BCUT2D eigenvalue weighted by Crippen LogP contribution is -2.30. The van der Waals surface area contributed by atoms with E-state index in [0.29, 0.717) is 24.8 Å². The molecule has 2 aromatic carbocycles. The molecular weight excluding hydrogens is 411 g/mol. The lowest BCUT2D eigenvalue weighted by atomic mass is 9.87. The lowest BCUT2D eigenvalue weighted by molar-refractivity contribution is -0.116. The lowest BCUT2D eigenvalue weighted by Gasteiger charge is -2.20. The van der Waals surface area contributed by atoms with Crippen molar-refractivity contribution < 1.29 is 9.18 Å². The van der Waals surface area contributed by atoms with Gasteiger partial charge in [0.2, 0.25) is 5.91 Å². The number of nitrogens with zero attached hydrogens (tertiary/aromatic N) is 2. The predicted octanol–water partition coefficient (Wildman–Crippen LogP) is 7.01. The zero-order chi connectivity index (χ0) is 23.1. The molecule has 3 aromatic rings. The number of anilines is 1. The first-order valence-electron chi connectivity index (χ1n) is 11.8. The molecule has 2 aliphatic rings. The van der Waals surface area contributed by atoms with Crippen LogP contribution < -0.4 is 4.90 Å². The van der Waals surface area contributed by atoms with Gasteiger partial charge in [-0.15, -0.1) is 0 Å². The van der Waals surface area contributed by atoms with Crippen LogP contribution in [0.3, 0.4) is 0 Å². The van der Waals surface area contributed by atoms with Gasteiger partial charge in [0, 0.05) is 30.5 Å². The van der Waals surface area contributed by atoms with Gasteiger partial charge in [-0.1, -0.05) is 56.3 Å². The fourth-order valence-electron chi connectivity index (χ4n) is 4.78. The predicted molar refractivity (Wildman–Crippen MR) is 133 cm³/mol. The van der Waals surface area contributed by atoms with E-state index in [2.05, 4.69) is 32.1 Å². The van der Waals surface area contributed by atoms with E-state index in [0.717, 1.165) is 57.7 Å². The number of benzene rings is 2. The summed E-state index contributed by atoms with van der Waals surface area (Å²) in [4.78, 5) is 19.7. The highest BCUT2D eigenvalue weighted by Gasteiger charge is 2.33. The van der Waals surface area contributed by atoms with E-state index in [9.17, 15) is 9.18 Å². The SMILES string of the molecule is CC(=O)N1CCc2c(nc(C3CC3)c(/C=C/C(C)C)c2-c2ccc(F)cc2)-c2ccccc21. The standard InChI is InChI=1S/C29H29FN2O/c1-18(2)8-15-24-27(20-11-13-22(30)14-12-20)25-16-17-32(19(3)33)26-7-5-4-6-23(26)29(25)31-28(24)21-9-10-21/h4-8,11-15,18,21H,9-10,16-17H2,1-3H3/b15-8+. The van der Waals surface area contributed by atoms with Gasteiger partial charge < -0.3 is 4.90 Å². The van der Waals surface area contributed by atoms with Gasteiger partial charge in [-0.2, -0.15) is 0 Å². The van der Waals surface area contributed by atoms with Crippen LogP contribution in [0, 0.1) is 11.7 Å². The van der Waals surface area contributed by atoms with E-state index >= 15 is 0 Å². The van der Waals surface area contributed by atoms with Gasteiger partial charge in [0.25, 0.3) is 0 Å². The molecule has 5 rings (SSSR count). The van der Waals surface area contributed by atoms with E-state index in [4.69, 9.17) is 4.98 Å². The summed E-state index contributed by atoms with van der Waals surface area (Å²) in [6.07, 6.45) is 7.40. The zero-order valence-corrected chi connectivity index (χ0v) is 19.4. The zero-order valence-electron chi connectivity index (χ0n) is 19.4. The van der Waals surface area contributed by atoms with Crippen molar-refractivity contribution in [1.29, 1.82) is 0 Å². The number of carbonyl (C=O) groups is 1. The molecular formula is C29H29FN2O. The number of aromatic nitrogens is 1. The number of amides is 1. The third-order valence-electron chi connectivity index (χ3n) is 6.53. The summed E-state index contributed by atoms with van der Waals surface area (Å²) in [5.41, 5.74) is 8.37. The van der Waals surface area contributed by atoms with Crippen LogP contribution >= 0.6 is 0 Å². The fraction of sp³-hybridized carbons (Fsp3) is 0.310. The monoisotopic (exact) mass is 440 g/mol. The fourth-order valence-corrected chi connectivity index (χ4v) is 4.78. The molecule has 3 nitrogen and oxygen atoms in total. The van der Waals surface area contributed by atoms with Crippen LogP contribution in [0.15, 0.2) is 54.6 Å². The normalized spacial score (nSPS) is 15.5. The highest BCUT2D eigenvalue weighted by molar-refractivity contribution is 5.98. The van der Waals surface area contributed by atoms with Gasteiger partial charge in [-0.05, 0) is 60.1 Å². The first-order valence-corrected chi connectivity index (χ1v) is 11.8. The van der Waals surface area contributed by atoms with Crippen molar-refractivity contribution in [2.75, 3.05) is 11.4 Å². The molecule has 1 fully saturated rings. The third-order valence-corrected chi connectivity index (χ3v) is 6.53. The topological polar surface area (TPSA) is 33.2 Å². The number of allylic oxidation sites excluding steroid dienone is 1. The van der Waals surface area contributed by atoms with Crippen molar-refractivity contribution in [2.24, 2.45) is 5.92 Å². The number of para-hydroxylation sites is 1. The number of hydrogen-bond acceptors (Lipinski definition) is 2. The average Bonchev–Trinajstić information content (AvgIpc) is 3.64. The number of rotatable bonds is 4. The molecule has 0 radical (unpaired) electrons. The molecule has 0 unspecified atom stereocenters. The van der Waals surface area contributed by atoms with Crippen molar-refractivity contribution in [2.45, 2.75) is 46.0 Å². The Bertz CT molecular complexity index is 1240. The molecule has 1 saturated carbocycles. The second-order valence-electron chi connectivity index (χ2n) is 9.43. The summed E-state index contributed by atoms with van der Waals surface area (Å²) in [6.45, 7) is 6.55. The Morgan fingerprint density at radius 1 is 1.12 bits per heavy atom. The number of fused-ring (bicyclic) bond motifs is 3. The molecule has 168 valence electrons. The van der Waals surface area contributed by atoms with Crippen LogP contribution in [0.4, 0.5) is 10.1 Å². The molecule has 0 atom stereocenters. The Morgan fingerprint density at radius 3 is 2.52 bits per heavy atom. The first kappa shape index (κ1) is 21.6. The maximum absolute atomic E-state index is 13.8. The first-order chi connectivity index (χ1) is 15.9. The molecule has 1 aliphatic carbocycles. The maximum Gasteiger partial charge on any atom is 0.223 e. The van der Waals surface area contributed by atoms with Crippen molar-refractivity contribution in [1.82, 2.24) is 4.98 Å². The Hall–Kier alpha value is -3.27. The minimum Gasteiger partial charge on any atom is -0.312 e. The van der Waals surface area contributed by atoms with Gasteiger partial charge in [0.05, 0.1) is 17.1 Å². The van der Waals surface area contributed by atoms with Gasteiger partial charge in [-0.3, -0.25) is 9.78 Å². The Balaban J connectivity index is 1.84. The molecule has 0 N–H and O–H groups in total. The molecule has 1 aliphatic heterocycles. The number of hydrogen-bond donors (Lipinski definition) is 0. The second kappa shape index (κ2) is 8.58. The molecule has 0 saturated heterocycles. The summed E-state index contributed by atoms with van der Waals surface area (Å²) >= 11 is 0. The largest absolute Gasteiger partial charge is 0.312 e. The van der Waals surface area contributed by atoms with Gasteiger partial charge in [0.15, 0.2) is 0 Å². The Kier molecular flexibility index (Phi) is 5.61. The van der Waals surface area contributed by atoms with Crippen LogP contribution in [-0.4, -0.2) is 17.4 Å². The van der Waals surface area contributed by atoms with E-state index in [1.165, 1.54) is 12.1 Å². The minimum atomic E-state index is -0.242. The van der Waals surface area contributed by atoms with E-state index < -0.39 is 0 Å². The second-order valence-corrected chi connectivity index (χ2v) is 9.43. The molecule has 0 bridgehead atoms. The van der Waals surface area contributed by atoms with Crippen LogP contribution in [0.1, 0.15) is 56.4 Å². The summed E-state index contributed by atoms with van der Waals surface area (Å²) in [7, 11) is 0. The summed E-state index contributed by atoms with van der Waals surface area (Å²) < 4.78 is 13.8. The Labute approximate surface area is 195 Å². The molecule has 33 heavy (non-hydrogen) atoms. The highest BCUT2D eigenvalue weighted by Crippen LogP contribution is 2.48. The summed E-state index contributed by atoms with van der Waals surface area (Å²) in [5, 5.41) is 0. The molecule has 1 aromatic heterocycles. The molecule has 4 heteroatoms. The van der Waals surface area contributed by atoms with Gasteiger partial charge in [0.1, 0.15) is 5.82 Å². The van der Waals surface area contributed by atoms with Gasteiger partial charge >= 0.3 is 0 Å². The summed E-state index contributed by atoms with van der Waals surface area (Å²) in [6, 6.07) is 14.9. The summed E-state index contributed by atoms with van der Waals surface area (Å²) in [5.74, 6) is 0.640. The molecule has 1 amide bonds. The van der Waals surface area contributed by atoms with Crippen LogP contribution in [0.5, 0.6) is 0 Å². The van der Waals surface area contributed by atoms with Crippen LogP contribution in [-0.2, 0) is 11.2 Å². The van der Waals surface area contributed by atoms with E-state index in [1.807, 2.05) is 35.2 Å². The minimum absolute atomic E-state index is 0.0286. The number of carbonyl (C=O) groups excluding carboxylic acids is 1. The molecule has 0 spiro atoms. The van der Waals surface area contributed by atoms with Gasteiger partial charge in [-0.25, -0.2) is 4.39 Å². The van der Waals surface area contributed by atoms with Crippen molar-refractivity contribution in [3.63, 3.8) is 0 Å². The van der Waals surface area contributed by atoms with Crippen molar-refractivity contribution in [3.8, 4) is 22.4 Å². The quantitative estimate of drug-likeness (QED) is 0.437.